The van der Waals surface area contributed by atoms with Gasteiger partial charge in [0.15, 0.2) is 0 Å². The number of aryl methyl sites for hydroxylation is 1. The number of nitrogens with zero attached hydrogens (tertiary/aromatic N) is 2. The van der Waals surface area contributed by atoms with Crippen LogP contribution in [0.25, 0.3) is 0 Å². The molecule has 0 radical (unpaired) electrons. The summed E-state index contributed by atoms with van der Waals surface area (Å²) >= 11 is 0. The average molecular weight is 398 g/mol. The first-order valence-electron chi connectivity index (χ1n) is 10.7. The van der Waals surface area contributed by atoms with Crippen molar-refractivity contribution in [2.24, 2.45) is 11.8 Å². The van der Waals surface area contributed by atoms with Crippen molar-refractivity contribution < 1.29 is 0 Å². The van der Waals surface area contributed by atoms with Gasteiger partial charge in [-0.2, -0.15) is 0 Å². The number of nitrogen functional groups attached to an aromatic ring is 1. The number of nitrogens with one attached hydrogen (secondary N) is 2. The molecule has 1 aliphatic heterocycles. The van der Waals surface area contributed by atoms with E-state index < -0.39 is 0 Å². The second-order valence-corrected chi connectivity index (χ2v) is 8.37. The smallest absolute Gasteiger partial charge is 0.123 e. The summed E-state index contributed by atoms with van der Waals surface area (Å²) in [5, 5.41) is 7.23. The molecule has 1 aliphatic rings. The quantitative estimate of drug-likeness (QED) is 0.501. The molecular weight excluding hydrogens is 358 g/mol. The lowest BCUT2D eigenvalue weighted by Crippen LogP contribution is -2.44. The predicted octanol–water partition coefficient (Wildman–Crippen LogP) is 2.95. The van der Waals surface area contributed by atoms with Crippen molar-refractivity contribution in [2.45, 2.75) is 39.3 Å². The first-order chi connectivity index (χ1) is 13.8. The van der Waals surface area contributed by atoms with Crippen molar-refractivity contribution in [2.75, 3.05) is 39.0 Å². The number of rotatable bonds is 11. The highest BCUT2D eigenvalue weighted by molar-refractivity contribution is 5.34. The molecule has 0 bridgehead atoms. The Morgan fingerprint density at radius 3 is 2.79 bits per heavy atom. The van der Waals surface area contributed by atoms with Crippen molar-refractivity contribution in [3.63, 3.8) is 0 Å². The van der Waals surface area contributed by atoms with Crippen LogP contribution in [0.5, 0.6) is 0 Å². The molecule has 29 heavy (non-hydrogen) atoms. The third kappa shape index (κ3) is 6.81. The Hall–Kier alpha value is -1.95. The molecule has 1 saturated heterocycles. The lowest BCUT2D eigenvalue weighted by atomic mass is 9.93. The van der Waals surface area contributed by atoms with E-state index in [0.29, 0.717) is 29.7 Å². The molecule has 1 aromatic rings. The fourth-order valence-electron chi connectivity index (χ4n) is 4.23. The molecular formula is C24H39N5. The monoisotopic (exact) mass is 397 g/mol. The van der Waals surface area contributed by atoms with Crippen LogP contribution in [0.3, 0.4) is 0 Å². The van der Waals surface area contributed by atoms with Crippen LogP contribution >= 0.6 is 0 Å². The van der Waals surface area contributed by atoms with Gasteiger partial charge in [-0.1, -0.05) is 38.3 Å². The summed E-state index contributed by atoms with van der Waals surface area (Å²) in [6.45, 7) is 18.3. The topological polar surface area (TPSA) is 66.2 Å². The number of allylic oxidation sites excluding steroid dienone is 3. The maximum Gasteiger partial charge on any atom is 0.123 e. The van der Waals surface area contributed by atoms with E-state index in [1.54, 1.807) is 0 Å². The fraction of sp³-hybridized carbons (Fsp3) is 0.542. The Balaban J connectivity index is 1.86. The summed E-state index contributed by atoms with van der Waals surface area (Å²) in [7, 11) is 2.23. The van der Waals surface area contributed by atoms with Crippen LogP contribution in [0.1, 0.15) is 25.1 Å². The number of anilines is 1. The highest BCUT2D eigenvalue weighted by Gasteiger charge is 2.30. The maximum absolute atomic E-state index is 5.94. The van der Waals surface area contributed by atoms with Gasteiger partial charge in [-0.25, -0.2) is 4.98 Å². The van der Waals surface area contributed by atoms with Gasteiger partial charge in [-0.05, 0) is 69.0 Å². The second-order valence-electron chi connectivity index (χ2n) is 8.37. The molecule has 2 heterocycles. The zero-order valence-electron chi connectivity index (χ0n) is 18.6. The first-order valence-corrected chi connectivity index (χ1v) is 10.7. The van der Waals surface area contributed by atoms with Crippen LogP contribution in [-0.2, 0) is 6.42 Å². The number of nitrogens with two attached hydrogens (primary N) is 1. The van der Waals surface area contributed by atoms with Gasteiger partial charge in [-0.3, -0.25) is 0 Å². The van der Waals surface area contributed by atoms with Crippen LogP contribution in [-0.4, -0.2) is 55.2 Å². The Morgan fingerprint density at radius 1 is 1.38 bits per heavy atom. The molecule has 4 N–H and O–H groups in total. The van der Waals surface area contributed by atoms with E-state index in [2.05, 4.69) is 67.6 Å². The lowest BCUT2D eigenvalue weighted by Gasteiger charge is -2.30. The van der Waals surface area contributed by atoms with Gasteiger partial charge in [-0.15, -0.1) is 0 Å². The molecule has 4 atom stereocenters. The van der Waals surface area contributed by atoms with Crippen molar-refractivity contribution in [3.8, 4) is 0 Å². The fourth-order valence-corrected chi connectivity index (χ4v) is 4.23. The molecule has 1 fully saturated rings. The highest BCUT2D eigenvalue weighted by atomic mass is 15.2. The van der Waals surface area contributed by atoms with E-state index in [0.717, 1.165) is 38.3 Å². The SMILES string of the molecule is C=C/C=C(\C=C)C(C)C(C)NCCN(C)C1CNCC1Cc1cc(C)cc(N)n1. The first kappa shape index (κ1) is 23.3. The van der Waals surface area contributed by atoms with Crippen LogP contribution in [0, 0.1) is 18.8 Å². The van der Waals surface area contributed by atoms with Crippen molar-refractivity contribution in [3.05, 3.63) is 60.3 Å². The summed E-state index contributed by atoms with van der Waals surface area (Å²) in [5.41, 5.74) is 9.44. The van der Waals surface area contributed by atoms with E-state index in [9.17, 15) is 0 Å². The zero-order chi connectivity index (χ0) is 21.4. The standard InChI is InChI=1S/C24H39N5/c1-7-9-20(8-2)18(4)19(5)27-10-11-29(6)23-16-26-15-21(23)14-22-12-17(3)13-24(25)28-22/h7-9,12-13,18-19,21,23,26-27H,1-2,10-11,14-16H2,3-6H3,(H2,25,28)/b20-9+. The number of aromatic nitrogens is 1. The van der Waals surface area contributed by atoms with Gasteiger partial charge in [0.25, 0.3) is 0 Å². The number of hydrogen-bond acceptors (Lipinski definition) is 5. The molecule has 0 aromatic carbocycles. The Bertz CT molecular complexity index is 691. The average Bonchev–Trinajstić information content (AvgIpc) is 3.12. The van der Waals surface area contributed by atoms with Gasteiger partial charge in [0, 0.05) is 37.4 Å². The van der Waals surface area contributed by atoms with Crippen LogP contribution in [0.4, 0.5) is 5.82 Å². The molecule has 0 aliphatic carbocycles. The summed E-state index contributed by atoms with van der Waals surface area (Å²) in [4.78, 5) is 7.01. The predicted molar refractivity (Wildman–Crippen MR) is 125 cm³/mol. The summed E-state index contributed by atoms with van der Waals surface area (Å²) in [6, 6.07) is 4.97. The Labute approximate surface area is 177 Å². The zero-order valence-corrected chi connectivity index (χ0v) is 18.6. The third-order valence-electron chi connectivity index (χ3n) is 6.14. The number of likely N-dealkylation sites (N-methyl/N-ethyl adjacent to an activating group) is 1. The molecule has 4 unspecified atom stereocenters. The van der Waals surface area contributed by atoms with Crippen LogP contribution < -0.4 is 16.4 Å². The minimum atomic E-state index is 0.379. The van der Waals surface area contributed by atoms with E-state index in [1.165, 1.54) is 11.1 Å². The van der Waals surface area contributed by atoms with Crippen LogP contribution in [0.2, 0.25) is 0 Å². The molecule has 1 aromatic heterocycles. The molecule has 5 heteroatoms. The van der Waals surface area contributed by atoms with Gasteiger partial charge < -0.3 is 21.3 Å². The van der Waals surface area contributed by atoms with Crippen molar-refractivity contribution >= 4 is 5.82 Å². The summed E-state index contributed by atoms with van der Waals surface area (Å²) in [6.07, 6.45) is 6.77. The summed E-state index contributed by atoms with van der Waals surface area (Å²) in [5.74, 6) is 1.56. The van der Waals surface area contributed by atoms with Gasteiger partial charge >= 0.3 is 0 Å². The van der Waals surface area contributed by atoms with Gasteiger partial charge in [0.2, 0.25) is 0 Å². The van der Waals surface area contributed by atoms with Crippen LogP contribution in [0.15, 0.2) is 49.1 Å². The largest absolute Gasteiger partial charge is 0.384 e. The van der Waals surface area contributed by atoms with E-state index in [1.807, 2.05) is 24.3 Å². The van der Waals surface area contributed by atoms with Crippen molar-refractivity contribution in [1.29, 1.82) is 0 Å². The van der Waals surface area contributed by atoms with Gasteiger partial charge in [0.1, 0.15) is 5.82 Å². The lowest BCUT2D eigenvalue weighted by molar-refractivity contribution is 0.207. The minimum Gasteiger partial charge on any atom is -0.384 e. The van der Waals surface area contributed by atoms with Gasteiger partial charge in [0.05, 0.1) is 0 Å². The van der Waals surface area contributed by atoms with E-state index in [-0.39, 0.29) is 0 Å². The molecule has 5 nitrogen and oxygen atoms in total. The number of hydrogen-bond donors (Lipinski definition) is 3. The maximum atomic E-state index is 5.94. The number of pyridine rings is 1. The molecule has 2 rings (SSSR count). The van der Waals surface area contributed by atoms with E-state index in [4.69, 9.17) is 5.73 Å². The molecule has 160 valence electrons. The van der Waals surface area contributed by atoms with E-state index >= 15 is 0 Å². The summed E-state index contributed by atoms with van der Waals surface area (Å²) < 4.78 is 0. The molecule has 0 amide bonds. The third-order valence-corrected chi connectivity index (χ3v) is 6.14. The highest BCUT2D eigenvalue weighted by Crippen LogP contribution is 2.20. The normalized spacial score (nSPS) is 21.9. The second kappa shape index (κ2) is 11.3. The Morgan fingerprint density at radius 2 is 2.14 bits per heavy atom. The minimum absolute atomic E-state index is 0.379. The van der Waals surface area contributed by atoms with Crippen molar-refractivity contribution in [1.82, 2.24) is 20.5 Å². The molecule has 0 saturated carbocycles. The molecule has 0 spiro atoms. The Kier molecular flexibility index (Phi) is 9.08.